The first-order chi connectivity index (χ1) is 13.8. The molecule has 2 N–H and O–H groups in total. The second-order valence-corrected chi connectivity index (χ2v) is 8.70. The van der Waals surface area contributed by atoms with Gasteiger partial charge in [0.25, 0.3) is 5.91 Å². The van der Waals surface area contributed by atoms with E-state index in [4.69, 9.17) is 9.47 Å². The van der Waals surface area contributed by atoms with E-state index in [-0.39, 0.29) is 29.4 Å². The van der Waals surface area contributed by atoms with Crippen molar-refractivity contribution >= 4 is 21.6 Å². The lowest BCUT2D eigenvalue weighted by Gasteiger charge is -2.26. The molecule has 0 aromatic heterocycles. The fraction of sp³-hybridized carbons (Fsp3) is 0.350. The van der Waals surface area contributed by atoms with Crippen LogP contribution in [0.2, 0.25) is 0 Å². The first-order valence-electron chi connectivity index (χ1n) is 9.22. The zero-order valence-electron chi connectivity index (χ0n) is 16.3. The lowest BCUT2D eigenvalue weighted by molar-refractivity contribution is -0.122. The number of carbonyl (C=O) groups excluding carboxylic acids is 1. The first-order valence-corrected chi connectivity index (χ1v) is 10.7. The standard InChI is InChI=1S/C20H24N2O6S/c1-14-3-5-16(6-4-14)28-15(2)20(24)21-18-13-17(7-8-19(18)23)29(25,26)22-9-11-27-12-10-22/h3-8,13,15,23H,9-12H2,1-2H3,(H,21,24). The maximum Gasteiger partial charge on any atom is 0.265 e. The molecule has 0 saturated carbocycles. The average Bonchev–Trinajstić information content (AvgIpc) is 2.71. The molecular weight excluding hydrogens is 396 g/mol. The van der Waals surface area contributed by atoms with Gasteiger partial charge in [-0.05, 0) is 44.2 Å². The predicted molar refractivity (Wildman–Crippen MR) is 108 cm³/mol. The predicted octanol–water partition coefficient (Wildman–Crippen LogP) is 2.13. The third-order valence-electron chi connectivity index (χ3n) is 4.54. The van der Waals surface area contributed by atoms with Crippen molar-refractivity contribution in [1.29, 1.82) is 0 Å². The molecule has 1 heterocycles. The molecule has 0 spiro atoms. The maximum absolute atomic E-state index is 12.8. The maximum atomic E-state index is 12.8. The highest BCUT2D eigenvalue weighted by molar-refractivity contribution is 7.89. The van der Waals surface area contributed by atoms with Crippen LogP contribution in [0, 0.1) is 6.92 Å². The molecule has 1 saturated heterocycles. The number of phenolic OH excluding ortho intramolecular Hbond substituents is 1. The van der Waals surface area contributed by atoms with Crippen LogP contribution in [0.1, 0.15) is 12.5 Å². The number of hydrogen-bond acceptors (Lipinski definition) is 6. The van der Waals surface area contributed by atoms with Crippen molar-refractivity contribution in [2.45, 2.75) is 24.8 Å². The van der Waals surface area contributed by atoms with Crippen LogP contribution in [-0.2, 0) is 19.6 Å². The van der Waals surface area contributed by atoms with Gasteiger partial charge < -0.3 is 19.9 Å². The number of carbonyl (C=O) groups is 1. The molecule has 1 aliphatic heterocycles. The molecule has 156 valence electrons. The minimum absolute atomic E-state index is 0.00342. The normalized spacial score (nSPS) is 16.2. The summed E-state index contributed by atoms with van der Waals surface area (Å²) in [6.45, 7) is 4.68. The highest BCUT2D eigenvalue weighted by atomic mass is 32.2. The van der Waals surface area contributed by atoms with Crippen molar-refractivity contribution in [3.05, 3.63) is 48.0 Å². The van der Waals surface area contributed by atoms with Crippen LogP contribution in [0.4, 0.5) is 5.69 Å². The highest BCUT2D eigenvalue weighted by Gasteiger charge is 2.27. The third-order valence-corrected chi connectivity index (χ3v) is 6.43. The van der Waals surface area contributed by atoms with Crippen molar-refractivity contribution in [2.75, 3.05) is 31.6 Å². The molecule has 29 heavy (non-hydrogen) atoms. The summed E-state index contributed by atoms with van der Waals surface area (Å²) in [5.74, 6) is -0.213. The Hall–Kier alpha value is -2.62. The molecule has 1 atom stereocenters. The van der Waals surface area contributed by atoms with Crippen LogP contribution in [0.15, 0.2) is 47.4 Å². The minimum Gasteiger partial charge on any atom is -0.506 e. The molecule has 1 aliphatic rings. The number of rotatable bonds is 6. The quantitative estimate of drug-likeness (QED) is 0.694. The number of nitrogens with zero attached hydrogens (tertiary/aromatic N) is 1. The summed E-state index contributed by atoms with van der Waals surface area (Å²) in [7, 11) is -3.75. The highest BCUT2D eigenvalue weighted by Crippen LogP contribution is 2.28. The number of phenols is 1. The second kappa shape index (κ2) is 8.81. The van der Waals surface area contributed by atoms with Crippen LogP contribution < -0.4 is 10.1 Å². The Labute approximate surface area is 170 Å². The lowest BCUT2D eigenvalue weighted by atomic mass is 10.2. The van der Waals surface area contributed by atoms with Gasteiger partial charge in [-0.25, -0.2) is 8.42 Å². The molecule has 2 aromatic rings. The molecular formula is C20H24N2O6S. The Morgan fingerprint density at radius 2 is 1.83 bits per heavy atom. The number of anilines is 1. The van der Waals surface area contributed by atoms with E-state index >= 15 is 0 Å². The Morgan fingerprint density at radius 3 is 2.48 bits per heavy atom. The smallest absolute Gasteiger partial charge is 0.265 e. The summed E-state index contributed by atoms with van der Waals surface area (Å²) in [5, 5.41) is 12.6. The molecule has 0 aliphatic carbocycles. The number of aromatic hydroxyl groups is 1. The number of hydrogen-bond donors (Lipinski definition) is 2. The van der Waals surface area contributed by atoms with Gasteiger partial charge in [-0.15, -0.1) is 0 Å². The molecule has 1 amide bonds. The fourth-order valence-electron chi connectivity index (χ4n) is 2.82. The van der Waals surface area contributed by atoms with Crippen molar-refractivity contribution < 1.29 is 27.8 Å². The topological polar surface area (TPSA) is 105 Å². The largest absolute Gasteiger partial charge is 0.506 e. The van der Waals surface area contributed by atoms with Crippen molar-refractivity contribution in [3.63, 3.8) is 0 Å². The van der Waals surface area contributed by atoms with E-state index in [1.807, 2.05) is 19.1 Å². The molecule has 0 radical (unpaired) electrons. The molecule has 0 bridgehead atoms. The number of benzene rings is 2. The summed E-state index contributed by atoms with van der Waals surface area (Å²) in [4.78, 5) is 12.5. The van der Waals surface area contributed by atoms with E-state index in [0.29, 0.717) is 19.0 Å². The Balaban J connectivity index is 1.73. The summed E-state index contributed by atoms with van der Waals surface area (Å²) in [6.07, 6.45) is -0.850. The molecule has 3 rings (SSSR count). The van der Waals surface area contributed by atoms with Gasteiger partial charge in [0, 0.05) is 13.1 Å². The zero-order chi connectivity index (χ0) is 21.0. The number of morpholine rings is 1. The Kier molecular flexibility index (Phi) is 6.41. The zero-order valence-corrected chi connectivity index (χ0v) is 17.1. The van der Waals surface area contributed by atoms with Crippen LogP contribution in [-0.4, -0.2) is 56.1 Å². The number of amides is 1. The molecule has 2 aromatic carbocycles. The number of nitrogens with one attached hydrogen (secondary N) is 1. The van der Waals surface area contributed by atoms with Crippen LogP contribution in [0.5, 0.6) is 11.5 Å². The van der Waals surface area contributed by atoms with Gasteiger partial charge in [-0.1, -0.05) is 17.7 Å². The fourth-order valence-corrected chi connectivity index (χ4v) is 4.26. The van der Waals surface area contributed by atoms with E-state index in [2.05, 4.69) is 5.32 Å². The van der Waals surface area contributed by atoms with Crippen molar-refractivity contribution in [2.24, 2.45) is 0 Å². The second-order valence-electron chi connectivity index (χ2n) is 6.76. The average molecular weight is 420 g/mol. The minimum atomic E-state index is -3.75. The summed E-state index contributed by atoms with van der Waals surface area (Å²) in [6, 6.07) is 11.0. The number of sulfonamides is 1. The van der Waals surface area contributed by atoms with Gasteiger partial charge in [0.05, 0.1) is 23.8 Å². The lowest BCUT2D eigenvalue weighted by Crippen LogP contribution is -2.40. The molecule has 8 nitrogen and oxygen atoms in total. The summed E-state index contributed by atoms with van der Waals surface area (Å²) < 4.78 is 37.7. The monoisotopic (exact) mass is 420 g/mol. The number of ether oxygens (including phenoxy) is 2. The summed E-state index contributed by atoms with van der Waals surface area (Å²) in [5.41, 5.74) is 1.07. The van der Waals surface area contributed by atoms with E-state index in [9.17, 15) is 18.3 Å². The molecule has 9 heteroatoms. The van der Waals surface area contributed by atoms with Gasteiger partial charge in [0.2, 0.25) is 10.0 Å². The van der Waals surface area contributed by atoms with Crippen LogP contribution in [0.3, 0.4) is 0 Å². The van der Waals surface area contributed by atoms with Crippen molar-refractivity contribution in [1.82, 2.24) is 4.31 Å². The van der Waals surface area contributed by atoms with Gasteiger partial charge in [0.1, 0.15) is 11.5 Å². The van der Waals surface area contributed by atoms with E-state index in [1.165, 1.54) is 22.5 Å². The SMILES string of the molecule is Cc1ccc(OC(C)C(=O)Nc2cc(S(=O)(=O)N3CCOCC3)ccc2O)cc1. The van der Waals surface area contributed by atoms with Gasteiger partial charge >= 0.3 is 0 Å². The third kappa shape index (κ3) is 5.06. The van der Waals surface area contributed by atoms with E-state index in [1.54, 1.807) is 19.1 Å². The number of aryl methyl sites for hydroxylation is 1. The first kappa shape index (κ1) is 21.1. The summed E-state index contributed by atoms with van der Waals surface area (Å²) >= 11 is 0. The van der Waals surface area contributed by atoms with E-state index in [0.717, 1.165) is 5.56 Å². The van der Waals surface area contributed by atoms with Gasteiger partial charge in [0.15, 0.2) is 6.10 Å². The van der Waals surface area contributed by atoms with Crippen molar-refractivity contribution in [3.8, 4) is 11.5 Å². The van der Waals surface area contributed by atoms with Crippen LogP contribution >= 0.6 is 0 Å². The van der Waals surface area contributed by atoms with Gasteiger partial charge in [-0.2, -0.15) is 4.31 Å². The Morgan fingerprint density at radius 1 is 1.17 bits per heavy atom. The van der Waals surface area contributed by atoms with Crippen LogP contribution in [0.25, 0.3) is 0 Å². The van der Waals surface area contributed by atoms with Gasteiger partial charge in [-0.3, -0.25) is 4.79 Å². The molecule has 1 fully saturated rings. The Bertz CT molecular complexity index is 969. The van der Waals surface area contributed by atoms with E-state index < -0.39 is 22.0 Å². The molecule has 1 unspecified atom stereocenters.